The minimum Gasteiger partial charge on any atom is -0.385 e. The lowest BCUT2D eigenvalue weighted by Gasteiger charge is -2.49. The fourth-order valence-electron chi connectivity index (χ4n) is 7.50. The number of hydrogen-bond acceptors (Lipinski definition) is 8. The molecule has 240 valence electrons. The Morgan fingerprint density at radius 1 is 1.07 bits per heavy atom. The second-order valence-electron chi connectivity index (χ2n) is 13.2. The van der Waals surface area contributed by atoms with Crippen molar-refractivity contribution in [3.05, 3.63) is 65.6 Å². The van der Waals surface area contributed by atoms with Gasteiger partial charge in [0.1, 0.15) is 0 Å². The predicted octanol–water partition coefficient (Wildman–Crippen LogP) is 4.63. The molecule has 4 aliphatic rings. The number of nitrogens with one attached hydrogen (secondary N) is 3. The van der Waals surface area contributed by atoms with E-state index in [1.54, 1.807) is 10.7 Å². The van der Waals surface area contributed by atoms with E-state index >= 15 is 8.78 Å². The molecule has 12 heteroatoms. The Morgan fingerprint density at radius 2 is 1.91 bits per heavy atom. The second kappa shape index (κ2) is 11.3. The maximum Gasteiger partial charge on any atom is 0.271 e. The summed E-state index contributed by atoms with van der Waals surface area (Å²) in [5.41, 5.74) is 6.00. The molecule has 3 N–H and O–H groups in total. The molecule has 6 heterocycles. The normalized spacial score (nSPS) is 20.6. The molecule has 2 saturated heterocycles. The van der Waals surface area contributed by atoms with Crippen LogP contribution in [0.3, 0.4) is 0 Å². The smallest absolute Gasteiger partial charge is 0.271 e. The van der Waals surface area contributed by atoms with Crippen LogP contribution in [-0.4, -0.2) is 82.1 Å². The lowest BCUT2D eigenvalue weighted by molar-refractivity contribution is -0.181. The summed E-state index contributed by atoms with van der Waals surface area (Å²) < 4.78 is 32.3. The van der Waals surface area contributed by atoms with Gasteiger partial charge in [0.2, 0.25) is 0 Å². The zero-order valence-electron chi connectivity index (χ0n) is 26.0. The van der Waals surface area contributed by atoms with Gasteiger partial charge in [-0.05, 0) is 81.4 Å². The van der Waals surface area contributed by atoms with E-state index in [0.29, 0.717) is 56.8 Å². The van der Waals surface area contributed by atoms with Crippen molar-refractivity contribution in [2.24, 2.45) is 5.41 Å². The first-order chi connectivity index (χ1) is 22.3. The number of amides is 1. The fourth-order valence-corrected chi connectivity index (χ4v) is 7.50. The first-order valence-electron chi connectivity index (χ1n) is 16.4. The predicted molar refractivity (Wildman–Crippen MR) is 173 cm³/mol. The van der Waals surface area contributed by atoms with Crippen molar-refractivity contribution in [1.82, 2.24) is 35.1 Å². The molecule has 3 aromatic heterocycles. The summed E-state index contributed by atoms with van der Waals surface area (Å²) >= 11 is 0. The third kappa shape index (κ3) is 5.07. The zero-order chi connectivity index (χ0) is 31.5. The van der Waals surface area contributed by atoms with Crippen LogP contribution < -0.4 is 20.9 Å². The van der Waals surface area contributed by atoms with E-state index in [-0.39, 0.29) is 18.5 Å². The van der Waals surface area contributed by atoms with Crippen LogP contribution in [0.1, 0.15) is 53.7 Å². The summed E-state index contributed by atoms with van der Waals surface area (Å²) in [7, 11) is 1.84. The van der Waals surface area contributed by atoms with E-state index in [0.717, 1.165) is 59.8 Å². The molecule has 0 unspecified atom stereocenters. The lowest BCUT2D eigenvalue weighted by Crippen LogP contribution is -2.58. The summed E-state index contributed by atoms with van der Waals surface area (Å²) in [4.78, 5) is 26.3. The number of rotatable bonds is 7. The Morgan fingerprint density at radius 3 is 2.65 bits per heavy atom. The molecule has 0 radical (unpaired) electrons. The average molecular weight is 628 g/mol. The van der Waals surface area contributed by atoms with Gasteiger partial charge in [0.05, 0.1) is 24.1 Å². The van der Waals surface area contributed by atoms with Crippen LogP contribution in [0.4, 0.5) is 26.0 Å². The van der Waals surface area contributed by atoms with Gasteiger partial charge in [0.25, 0.3) is 11.8 Å². The van der Waals surface area contributed by atoms with Crippen molar-refractivity contribution in [3.8, 4) is 11.3 Å². The van der Waals surface area contributed by atoms with Gasteiger partial charge in [0.15, 0.2) is 17.2 Å². The van der Waals surface area contributed by atoms with Gasteiger partial charge in [0, 0.05) is 55.1 Å². The number of anilines is 3. The summed E-state index contributed by atoms with van der Waals surface area (Å²) in [5.74, 6) is -2.13. The number of likely N-dealkylation sites (tertiary alicyclic amines) is 1. The molecule has 1 spiro atoms. The number of benzene rings is 1. The van der Waals surface area contributed by atoms with E-state index in [1.807, 2.05) is 42.4 Å². The monoisotopic (exact) mass is 627 g/mol. The molecule has 0 atom stereocenters. The molecular formula is C34H39F2N9O. The molecule has 4 aromatic rings. The summed E-state index contributed by atoms with van der Waals surface area (Å²) in [6.07, 6.45) is 7.86. The van der Waals surface area contributed by atoms with Crippen molar-refractivity contribution in [3.63, 3.8) is 0 Å². The number of carbonyl (C=O) groups excluding carboxylic acids is 1. The van der Waals surface area contributed by atoms with Gasteiger partial charge >= 0.3 is 0 Å². The van der Waals surface area contributed by atoms with E-state index in [9.17, 15) is 4.79 Å². The molecule has 3 fully saturated rings. The van der Waals surface area contributed by atoms with Gasteiger partial charge < -0.3 is 20.9 Å². The summed E-state index contributed by atoms with van der Waals surface area (Å²) in [6.45, 7) is 3.03. The molecule has 8 rings (SSSR count). The van der Waals surface area contributed by atoms with Crippen LogP contribution >= 0.6 is 0 Å². The van der Waals surface area contributed by atoms with Gasteiger partial charge in [-0.25, -0.2) is 18.3 Å². The maximum atomic E-state index is 15.4. The highest BCUT2D eigenvalue weighted by Gasteiger charge is 2.56. The molecule has 3 aliphatic heterocycles. The number of carbonyl (C=O) groups is 1. The molecule has 1 aromatic carbocycles. The number of pyridine rings is 1. The first-order valence-corrected chi connectivity index (χ1v) is 16.4. The highest BCUT2D eigenvalue weighted by Crippen LogP contribution is 2.50. The first kappa shape index (κ1) is 29.3. The number of nitrogens with zero attached hydrogens (tertiary/aromatic N) is 6. The topological polar surface area (TPSA) is 103 Å². The van der Waals surface area contributed by atoms with Crippen LogP contribution in [0, 0.1) is 5.41 Å². The fraction of sp³-hybridized carbons (Fsp3) is 0.471. The van der Waals surface area contributed by atoms with Crippen molar-refractivity contribution in [2.45, 2.75) is 57.0 Å². The van der Waals surface area contributed by atoms with E-state index < -0.39 is 11.3 Å². The molecule has 1 saturated carbocycles. The molecule has 0 bridgehead atoms. The lowest BCUT2D eigenvalue weighted by atomic mass is 9.69. The molecular weight excluding hydrogens is 588 g/mol. The van der Waals surface area contributed by atoms with Crippen LogP contribution in [-0.2, 0) is 13.0 Å². The number of halogens is 2. The Kier molecular flexibility index (Phi) is 7.17. The highest BCUT2D eigenvalue weighted by atomic mass is 19.3. The number of hydrogen-bond donors (Lipinski definition) is 3. The SMILES string of the molecule is CNc1cc(N2CCc3c(-c4ccc(CN5CCC6(CCNCC6)C(F)(F)C5)cn4)cccc32)nn2c(C(=O)NC3CC3)cnc12. The van der Waals surface area contributed by atoms with E-state index in [4.69, 9.17) is 10.1 Å². The molecule has 10 nitrogen and oxygen atoms in total. The van der Waals surface area contributed by atoms with Gasteiger partial charge in [-0.1, -0.05) is 18.2 Å². The number of imidazole rings is 1. The van der Waals surface area contributed by atoms with Crippen LogP contribution in [0.5, 0.6) is 0 Å². The van der Waals surface area contributed by atoms with Gasteiger partial charge in [-0.2, -0.15) is 0 Å². The summed E-state index contributed by atoms with van der Waals surface area (Å²) in [5, 5.41) is 14.4. The number of piperidine rings is 2. The van der Waals surface area contributed by atoms with Crippen LogP contribution in [0.25, 0.3) is 16.9 Å². The number of fused-ring (bicyclic) bond motifs is 2. The van der Waals surface area contributed by atoms with Gasteiger partial charge in [-0.3, -0.25) is 14.7 Å². The molecule has 1 aliphatic carbocycles. The van der Waals surface area contributed by atoms with Gasteiger partial charge in [-0.15, -0.1) is 5.10 Å². The van der Waals surface area contributed by atoms with E-state index in [1.165, 1.54) is 5.56 Å². The Bertz CT molecular complexity index is 1780. The maximum absolute atomic E-state index is 15.4. The summed E-state index contributed by atoms with van der Waals surface area (Å²) in [6, 6.07) is 12.4. The van der Waals surface area contributed by atoms with Crippen molar-refractivity contribution in [1.29, 1.82) is 0 Å². The van der Waals surface area contributed by atoms with Crippen molar-refractivity contribution in [2.75, 3.05) is 50.0 Å². The van der Waals surface area contributed by atoms with Crippen LogP contribution in [0.15, 0.2) is 48.8 Å². The third-order valence-electron chi connectivity index (χ3n) is 10.3. The van der Waals surface area contributed by atoms with E-state index in [2.05, 4.69) is 38.0 Å². The number of aromatic nitrogens is 4. The molecule has 1 amide bonds. The third-order valence-corrected chi connectivity index (χ3v) is 10.3. The van der Waals surface area contributed by atoms with Crippen molar-refractivity contribution >= 4 is 28.7 Å². The Balaban J connectivity index is 1.02. The standard InChI is InChI=1S/C34H39F2N9O/c1-37-27-17-30(42-45-29(19-40-31(27)45)32(46)41-23-6-7-23)44-15-9-25-24(3-2-4-28(25)44)26-8-5-22(18-39-26)20-43-16-12-33(34(35,36)21-43)10-13-38-14-11-33/h2-5,8,17-19,23,37-38H,6-7,9-16,20-21H2,1H3,(H,41,46). The Hall–Kier alpha value is -4.16. The Labute approximate surface area is 266 Å². The molecule has 46 heavy (non-hydrogen) atoms. The van der Waals surface area contributed by atoms with Crippen LogP contribution in [0.2, 0.25) is 0 Å². The highest BCUT2D eigenvalue weighted by molar-refractivity contribution is 5.94. The quantitative estimate of drug-likeness (QED) is 0.273. The average Bonchev–Trinajstić information content (AvgIpc) is 3.59. The van der Waals surface area contributed by atoms with Crippen molar-refractivity contribution < 1.29 is 13.6 Å². The second-order valence-corrected chi connectivity index (χ2v) is 13.2. The minimum absolute atomic E-state index is 0.167. The zero-order valence-corrected chi connectivity index (χ0v) is 26.0. The largest absolute Gasteiger partial charge is 0.385 e. The number of alkyl halides is 2. The minimum atomic E-state index is -2.69.